The standard InChI is InChI=1S/C31H32Cl2N2O6/c1-35(2)17-9-12-19-10-6-7-11-20(19)15-16-23-27(30(37)40-4)29(26-21(32)13-8-14-22(26)33)28(31(38)41-5)24(34-23)18-25(36)39-3/h6-8,10-11,13-14,29,34H,15-18H2,1-5H3. The second-order valence-corrected chi connectivity index (χ2v) is 10.2. The highest BCUT2D eigenvalue weighted by atomic mass is 35.5. The van der Waals surface area contributed by atoms with Gasteiger partial charge < -0.3 is 19.5 Å². The van der Waals surface area contributed by atoms with Crippen molar-refractivity contribution >= 4 is 41.1 Å². The van der Waals surface area contributed by atoms with Gasteiger partial charge in [0.25, 0.3) is 0 Å². The molecule has 2 aromatic carbocycles. The first-order valence-electron chi connectivity index (χ1n) is 12.7. The summed E-state index contributed by atoms with van der Waals surface area (Å²) in [7, 11) is 7.59. The van der Waals surface area contributed by atoms with Crippen LogP contribution in [-0.2, 0) is 35.0 Å². The normalized spacial score (nSPS) is 14.7. The van der Waals surface area contributed by atoms with Gasteiger partial charge in [-0.05, 0) is 50.7 Å². The molecule has 0 radical (unpaired) electrons. The summed E-state index contributed by atoms with van der Waals surface area (Å²) in [5.41, 5.74) is 2.93. The maximum absolute atomic E-state index is 13.4. The molecular formula is C31H32Cl2N2O6. The van der Waals surface area contributed by atoms with Gasteiger partial charge in [0.15, 0.2) is 0 Å². The van der Waals surface area contributed by atoms with E-state index in [1.807, 2.05) is 43.3 Å². The predicted octanol–water partition coefficient (Wildman–Crippen LogP) is 4.64. The Morgan fingerprint density at radius 1 is 0.854 bits per heavy atom. The van der Waals surface area contributed by atoms with E-state index in [4.69, 9.17) is 37.4 Å². The summed E-state index contributed by atoms with van der Waals surface area (Å²) in [6, 6.07) is 12.6. The molecule has 0 saturated heterocycles. The van der Waals surface area contributed by atoms with Gasteiger partial charge in [0.05, 0.1) is 51.4 Å². The summed E-state index contributed by atoms with van der Waals surface area (Å²) in [5.74, 6) is 3.23. The molecule has 0 aliphatic carbocycles. The van der Waals surface area contributed by atoms with Crippen molar-refractivity contribution in [2.24, 2.45) is 0 Å². The highest BCUT2D eigenvalue weighted by molar-refractivity contribution is 6.36. The number of esters is 3. The molecule has 1 heterocycles. The lowest BCUT2D eigenvalue weighted by atomic mass is 9.78. The lowest BCUT2D eigenvalue weighted by Gasteiger charge is -2.33. The molecule has 3 rings (SSSR count). The molecule has 1 unspecified atom stereocenters. The van der Waals surface area contributed by atoms with Crippen molar-refractivity contribution in [1.29, 1.82) is 0 Å². The van der Waals surface area contributed by atoms with Gasteiger partial charge >= 0.3 is 17.9 Å². The summed E-state index contributed by atoms with van der Waals surface area (Å²) in [4.78, 5) is 41.1. The number of hydrogen-bond donors (Lipinski definition) is 1. The molecule has 0 bridgehead atoms. The van der Waals surface area contributed by atoms with Crippen molar-refractivity contribution in [3.05, 3.63) is 91.7 Å². The highest BCUT2D eigenvalue weighted by Gasteiger charge is 2.41. The number of methoxy groups -OCH3 is 3. The van der Waals surface area contributed by atoms with Gasteiger partial charge in [0, 0.05) is 32.6 Å². The van der Waals surface area contributed by atoms with Crippen LogP contribution >= 0.6 is 23.2 Å². The minimum atomic E-state index is -1.08. The lowest BCUT2D eigenvalue weighted by Crippen LogP contribution is -2.35. The zero-order chi connectivity index (χ0) is 30.1. The highest BCUT2D eigenvalue weighted by Crippen LogP contribution is 2.45. The summed E-state index contributed by atoms with van der Waals surface area (Å²) in [5, 5.41) is 3.62. The molecule has 1 aliphatic heterocycles. The molecule has 8 nitrogen and oxygen atoms in total. The number of carbonyl (C=O) groups excluding carboxylic acids is 3. The largest absolute Gasteiger partial charge is 0.469 e. The van der Waals surface area contributed by atoms with E-state index in [9.17, 15) is 14.4 Å². The van der Waals surface area contributed by atoms with Crippen LogP contribution in [0.2, 0.25) is 10.0 Å². The molecule has 0 spiro atoms. The zero-order valence-electron chi connectivity index (χ0n) is 23.6. The van der Waals surface area contributed by atoms with E-state index in [2.05, 4.69) is 17.2 Å². The van der Waals surface area contributed by atoms with Crippen molar-refractivity contribution in [2.75, 3.05) is 42.0 Å². The van der Waals surface area contributed by atoms with Gasteiger partial charge in [0.1, 0.15) is 0 Å². The fourth-order valence-corrected chi connectivity index (χ4v) is 5.17. The van der Waals surface area contributed by atoms with E-state index < -0.39 is 23.8 Å². The summed E-state index contributed by atoms with van der Waals surface area (Å²) < 4.78 is 15.2. The molecule has 0 aromatic heterocycles. The van der Waals surface area contributed by atoms with Crippen molar-refractivity contribution in [1.82, 2.24) is 10.2 Å². The minimum Gasteiger partial charge on any atom is -0.469 e. The molecule has 1 aliphatic rings. The zero-order valence-corrected chi connectivity index (χ0v) is 25.1. The van der Waals surface area contributed by atoms with Crippen LogP contribution in [0.4, 0.5) is 0 Å². The van der Waals surface area contributed by atoms with Gasteiger partial charge in [-0.1, -0.05) is 59.3 Å². The number of dihydropyridines is 1. The van der Waals surface area contributed by atoms with E-state index in [1.54, 1.807) is 18.2 Å². The Balaban J connectivity index is 2.21. The van der Waals surface area contributed by atoms with Gasteiger partial charge in [-0.2, -0.15) is 0 Å². The SMILES string of the molecule is COC(=O)CC1=C(C(=O)OC)C(c2c(Cl)cccc2Cl)C(C(=O)OC)=C(CCc2ccccc2C#CCN(C)C)N1. The van der Waals surface area contributed by atoms with E-state index in [1.165, 1.54) is 21.3 Å². The van der Waals surface area contributed by atoms with Gasteiger partial charge in [-0.15, -0.1) is 0 Å². The fourth-order valence-electron chi connectivity index (χ4n) is 4.55. The molecular weight excluding hydrogens is 567 g/mol. The molecule has 0 amide bonds. The predicted molar refractivity (Wildman–Crippen MR) is 157 cm³/mol. The number of nitrogens with one attached hydrogen (secondary N) is 1. The first-order chi connectivity index (χ1) is 19.6. The number of ether oxygens (including phenoxy) is 3. The van der Waals surface area contributed by atoms with Gasteiger partial charge in [-0.3, -0.25) is 9.69 Å². The monoisotopic (exact) mass is 598 g/mol. The number of benzene rings is 2. The van der Waals surface area contributed by atoms with Crippen LogP contribution in [0.25, 0.3) is 0 Å². The molecule has 216 valence electrons. The van der Waals surface area contributed by atoms with E-state index in [0.29, 0.717) is 30.6 Å². The number of rotatable bonds is 9. The number of aryl methyl sites for hydroxylation is 1. The van der Waals surface area contributed by atoms with Crippen LogP contribution < -0.4 is 5.32 Å². The number of halogens is 2. The molecule has 2 aromatic rings. The van der Waals surface area contributed by atoms with E-state index >= 15 is 0 Å². The molecule has 0 fully saturated rings. The van der Waals surface area contributed by atoms with Crippen LogP contribution in [0.3, 0.4) is 0 Å². The second kappa shape index (κ2) is 14.7. The topological polar surface area (TPSA) is 94.2 Å². The second-order valence-electron chi connectivity index (χ2n) is 9.41. The van der Waals surface area contributed by atoms with Crippen molar-refractivity contribution in [3.63, 3.8) is 0 Å². The maximum atomic E-state index is 13.4. The third kappa shape index (κ3) is 7.70. The quantitative estimate of drug-likeness (QED) is 0.253. The fraction of sp³-hybridized carbons (Fsp3) is 0.323. The lowest BCUT2D eigenvalue weighted by molar-refractivity contribution is -0.139. The molecule has 1 atom stereocenters. The Labute approximate surface area is 250 Å². The summed E-state index contributed by atoms with van der Waals surface area (Å²) in [6.45, 7) is 0.603. The summed E-state index contributed by atoms with van der Waals surface area (Å²) in [6.07, 6.45) is 0.510. The Morgan fingerprint density at radius 3 is 2.05 bits per heavy atom. The van der Waals surface area contributed by atoms with Crippen LogP contribution in [-0.4, -0.2) is 64.8 Å². The third-order valence-corrected chi connectivity index (χ3v) is 7.12. The first kappa shape index (κ1) is 31.8. The van der Waals surface area contributed by atoms with E-state index in [0.717, 1.165) is 11.1 Å². The van der Waals surface area contributed by atoms with Crippen LogP contribution in [0, 0.1) is 11.8 Å². The Bertz CT molecular complexity index is 1430. The smallest absolute Gasteiger partial charge is 0.336 e. The van der Waals surface area contributed by atoms with Crippen molar-refractivity contribution in [2.45, 2.75) is 25.2 Å². The van der Waals surface area contributed by atoms with E-state index in [-0.39, 0.29) is 33.3 Å². The van der Waals surface area contributed by atoms with Gasteiger partial charge in [0.2, 0.25) is 0 Å². The van der Waals surface area contributed by atoms with Crippen molar-refractivity contribution in [3.8, 4) is 11.8 Å². The molecule has 41 heavy (non-hydrogen) atoms. The average molecular weight is 600 g/mol. The molecule has 0 saturated carbocycles. The van der Waals surface area contributed by atoms with Crippen LogP contribution in [0.15, 0.2) is 65.0 Å². The van der Waals surface area contributed by atoms with Crippen LogP contribution in [0.5, 0.6) is 0 Å². The Morgan fingerprint density at radius 2 is 1.46 bits per heavy atom. The maximum Gasteiger partial charge on any atom is 0.336 e. The summed E-state index contributed by atoms with van der Waals surface area (Å²) >= 11 is 13.2. The third-order valence-electron chi connectivity index (χ3n) is 6.46. The average Bonchev–Trinajstić information content (AvgIpc) is 2.95. The number of hydrogen-bond acceptors (Lipinski definition) is 8. The number of allylic oxidation sites excluding steroid dienone is 1. The molecule has 1 N–H and O–H groups in total. The van der Waals surface area contributed by atoms with Gasteiger partial charge in [-0.25, -0.2) is 9.59 Å². The first-order valence-corrected chi connectivity index (χ1v) is 13.5. The van der Waals surface area contributed by atoms with Crippen molar-refractivity contribution < 1.29 is 28.6 Å². The minimum absolute atomic E-state index is 0.00648. The number of carbonyl (C=O) groups is 3. The Kier molecular flexibility index (Phi) is 11.4. The number of nitrogens with zero attached hydrogens (tertiary/aromatic N) is 1. The van der Waals surface area contributed by atoms with Crippen LogP contribution in [0.1, 0.15) is 35.4 Å². The Hall–Kier alpha value is -3.77. The molecule has 10 heteroatoms.